The Morgan fingerprint density at radius 1 is 1.14 bits per heavy atom. The van der Waals surface area contributed by atoms with Crippen molar-refractivity contribution >= 4 is 17.5 Å². The fraction of sp³-hybridized carbons (Fsp3) is 0.136. The molecule has 1 heterocycles. The van der Waals surface area contributed by atoms with Crippen LogP contribution in [-0.2, 0) is 0 Å². The molecular weight excluding hydrogens is 374 g/mol. The van der Waals surface area contributed by atoms with Crippen LogP contribution in [-0.4, -0.2) is 10.5 Å². The van der Waals surface area contributed by atoms with E-state index in [9.17, 15) is 9.59 Å². The van der Waals surface area contributed by atoms with Crippen molar-refractivity contribution in [2.75, 3.05) is 0 Å². The van der Waals surface area contributed by atoms with Crippen LogP contribution in [0.25, 0.3) is 5.69 Å². The van der Waals surface area contributed by atoms with Crippen molar-refractivity contribution < 1.29 is 4.79 Å². The molecular formula is C22H18ClN3O2. The normalized spacial score (nSPS) is 11.5. The zero-order chi connectivity index (χ0) is 20.3. The summed E-state index contributed by atoms with van der Waals surface area (Å²) in [6.07, 6.45) is 0. The van der Waals surface area contributed by atoms with Crippen molar-refractivity contribution in [3.05, 3.63) is 98.4 Å². The maximum Gasteiger partial charge on any atom is 0.268 e. The molecule has 0 aliphatic heterocycles. The van der Waals surface area contributed by atoms with E-state index in [1.165, 1.54) is 10.6 Å². The molecule has 3 rings (SSSR count). The lowest BCUT2D eigenvalue weighted by Gasteiger charge is -2.16. The summed E-state index contributed by atoms with van der Waals surface area (Å²) in [7, 11) is 0. The molecule has 1 N–H and O–H groups in total. The number of nitriles is 1. The number of amides is 1. The molecule has 1 amide bonds. The van der Waals surface area contributed by atoms with Crippen LogP contribution in [0.5, 0.6) is 0 Å². The number of nitrogens with one attached hydrogen (secondary N) is 1. The summed E-state index contributed by atoms with van der Waals surface area (Å²) in [5, 5.41) is 12.6. The molecule has 1 atom stereocenters. The number of benzene rings is 2. The first-order valence-corrected chi connectivity index (χ1v) is 9.08. The first-order chi connectivity index (χ1) is 13.4. The van der Waals surface area contributed by atoms with E-state index in [4.69, 9.17) is 16.9 Å². The molecule has 3 aromatic rings. The lowest BCUT2D eigenvalue weighted by molar-refractivity contribution is 0.0938. The van der Waals surface area contributed by atoms with Gasteiger partial charge in [0.05, 0.1) is 23.4 Å². The summed E-state index contributed by atoms with van der Waals surface area (Å²) in [4.78, 5) is 25.7. The molecule has 140 valence electrons. The number of hydrogen-bond acceptors (Lipinski definition) is 3. The van der Waals surface area contributed by atoms with Gasteiger partial charge in [0.15, 0.2) is 0 Å². The summed E-state index contributed by atoms with van der Waals surface area (Å²) in [6, 6.07) is 18.9. The zero-order valence-electron chi connectivity index (χ0n) is 15.4. The Morgan fingerprint density at radius 3 is 2.54 bits per heavy atom. The topological polar surface area (TPSA) is 74.9 Å². The van der Waals surface area contributed by atoms with E-state index >= 15 is 0 Å². The molecule has 0 spiro atoms. The largest absolute Gasteiger partial charge is 0.345 e. The Hall–Kier alpha value is -3.36. The number of carbonyl (C=O) groups excluding carboxylic acids is 1. The highest BCUT2D eigenvalue weighted by molar-refractivity contribution is 6.30. The molecule has 0 fully saturated rings. The minimum Gasteiger partial charge on any atom is -0.345 e. The molecule has 28 heavy (non-hydrogen) atoms. The van der Waals surface area contributed by atoms with E-state index in [1.807, 2.05) is 19.1 Å². The van der Waals surface area contributed by atoms with Crippen molar-refractivity contribution in [3.8, 4) is 11.8 Å². The van der Waals surface area contributed by atoms with Crippen LogP contribution in [0.2, 0.25) is 5.02 Å². The molecule has 6 heteroatoms. The van der Waals surface area contributed by atoms with Crippen LogP contribution in [0.15, 0.2) is 65.5 Å². The second-order valence-electron chi connectivity index (χ2n) is 6.44. The first-order valence-electron chi connectivity index (χ1n) is 8.70. The minimum atomic E-state index is -0.461. The van der Waals surface area contributed by atoms with Crippen LogP contribution in [0.1, 0.15) is 40.1 Å². The van der Waals surface area contributed by atoms with Crippen LogP contribution in [0, 0.1) is 18.3 Å². The van der Waals surface area contributed by atoms with Gasteiger partial charge in [0.25, 0.3) is 11.5 Å². The summed E-state index contributed by atoms with van der Waals surface area (Å²) in [5.41, 5.74) is 2.14. The van der Waals surface area contributed by atoms with Gasteiger partial charge in [0.2, 0.25) is 0 Å². The van der Waals surface area contributed by atoms with Gasteiger partial charge in [0.1, 0.15) is 5.56 Å². The number of aryl methyl sites for hydroxylation is 1. The third-order valence-electron chi connectivity index (χ3n) is 4.47. The molecule has 0 radical (unpaired) electrons. The van der Waals surface area contributed by atoms with E-state index in [1.54, 1.807) is 49.4 Å². The maximum atomic E-state index is 13.0. The van der Waals surface area contributed by atoms with E-state index in [0.717, 1.165) is 5.56 Å². The molecule has 0 saturated heterocycles. The second-order valence-corrected chi connectivity index (χ2v) is 6.87. The maximum absolute atomic E-state index is 13.0. The van der Waals surface area contributed by atoms with Crippen molar-refractivity contribution in [1.82, 2.24) is 9.88 Å². The number of pyridine rings is 1. The molecule has 0 aliphatic rings. The Bertz CT molecular complexity index is 1130. The van der Waals surface area contributed by atoms with E-state index in [2.05, 4.69) is 11.4 Å². The lowest BCUT2D eigenvalue weighted by Crippen LogP contribution is -2.34. The third-order valence-corrected chi connectivity index (χ3v) is 4.73. The van der Waals surface area contributed by atoms with Gasteiger partial charge in [-0.15, -0.1) is 0 Å². The number of halogens is 1. The predicted molar refractivity (Wildman–Crippen MR) is 109 cm³/mol. The highest BCUT2D eigenvalue weighted by Crippen LogP contribution is 2.17. The SMILES string of the molecule is Cc1ccc(C(=O)NC(C)c2ccc(Cl)cc2)c(=O)n1-c1cccc(C#N)c1. The van der Waals surface area contributed by atoms with Crippen LogP contribution in [0.3, 0.4) is 0 Å². The van der Waals surface area contributed by atoms with Crippen molar-refractivity contribution in [3.63, 3.8) is 0 Å². The van der Waals surface area contributed by atoms with Gasteiger partial charge in [-0.25, -0.2) is 0 Å². The number of carbonyl (C=O) groups is 1. The van der Waals surface area contributed by atoms with E-state index in [0.29, 0.717) is 22.0 Å². The molecule has 5 nitrogen and oxygen atoms in total. The Morgan fingerprint density at radius 2 is 1.86 bits per heavy atom. The lowest BCUT2D eigenvalue weighted by atomic mass is 10.1. The Balaban J connectivity index is 1.94. The summed E-state index contributed by atoms with van der Waals surface area (Å²) in [6.45, 7) is 3.61. The molecule has 0 saturated carbocycles. The van der Waals surface area contributed by atoms with E-state index in [-0.39, 0.29) is 11.6 Å². The van der Waals surface area contributed by atoms with Gasteiger partial charge in [-0.2, -0.15) is 5.26 Å². The quantitative estimate of drug-likeness (QED) is 0.725. The standard InChI is InChI=1S/C22H18ClN3O2/c1-14-6-11-20(21(27)25-15(2)17-7-9-18(23)10-8-17)22(28)26(14)19-5-3-4-16(12-19)13-24/h3-12,15H,1-2H3,(H,25,27). The molecule has 2 aromatic carbocycles. The van der Waals surface area contributed by atoms with Crippen LogP contribution < -0.4 is 10.9 Å². The zero-order valence-corrected chi connectivity index (χ0v) is 16.2. The van der Waals surface area contributed by atoms with Crippen LogP contribution in [0.4, 0.5) is 0 Å². The fourth-order valence-electron chi connectivity index (χ4n) is 2.95. The molecule has 0 aliphatic carbocycles. The smallest absolute Gasteiger partial charge is 0.268 e. The molecule has 1 aromatic heterocycles. The summed E-state index contributed by atoms with van der Waals surface area (Å²) < 4.78 is 1.43. The Kier molecular flexibility index (Phi) is 5.62. The highest BCUT2D eigenvalue weighted by atomic mass is 35.5. The third kappa shape index (κ3) is 3.98. The van der Waals surface area contributed by atoms with Gasteiger partial charge in [-0.1, -0.05) is 29.8 Å². The fourth-order valence-corrected chi connectivity index (χ4v) is 3.07. The number of nitrogens with zero attached hydrogens (tertiary/aromatic N) is 2. The van der Waals surface area contributed by atoms with Gasteiger partial charge in [-0.3, -0.25) is 14.2 Å². The van der Waals surface area contributed by atoms with Gasteiger partial charge >= 0.3 is 0 Å². The number of aromatic nitrogens is 1. The van der Waals surface area contributed by atoms with Crippen molar-refractivity contribution in [2.24, 2.45) is 0 Å². The average Bonchev–Trinajstić information content (AvgIpc) is 2.68. The molecule has 0 bridgehead atoms. The summed E-state index contributed by atoms with van der Waals surface area (Å²) >= 11 is 5.90. The predicted octanol–water partition coefficient (Wildman–Crippen LogP) is 4.16. The van der Waals surface area contributed by atoms with Crippen molar-refractivity contribution in [1.29, 1.82) is 5.26 Å². The minimum absolute atomic E-state index is 0.0359. The van der Waals surface area contributed by atoms with E-state index < -0.39 is 11.5 Å². The first kappa shape index (κ1) is 19.4. The highest BCUT2D eigenvalue weighted by Gasteiger charge is 2.17. The number of rotatable bonds is 4. The van der Waals surface area contributed by atoms with Gasteiger partial charge < -0.3 is 5.32 Å². The van der Waals surface area contributed by atoms with Gasteiger partial charge in [0, 0.05) is 10.7 Å². The monoisotopic (exact) mass is 391 g/mol. The average molecular weight is 392 g/mol. The van der Waals surface area contributed by atoms with Crippen LogP contribution >= 0.6 is 11.6 Å². The van der Waals surface area contributed by atoms with Gasteiger partial charge in [-0.05, 0) is 61.9 Å². The number of hydrogen-bond donors (Lipinski definition) is 1. The second kappa shape index (κ2) is 8.12. The Labute approximate surface area is 167 Å². The molecule has 1 unspecified atom stereocenters. The summed E-state index contributed by atoms with van der Waals surface area (Å²) in [5.74, 6) is -0.461. The van der Waals surface area contributed by atoms with Crippen molar-refractivity contribution in [2.45, 2.75) is 19.9 Å².